The molecular weight excluding hydrogens is 254 g/mol. The van der Waals surface area contributed by atoms with Gasteiger partial charge in [0.1, 0.15) is 0 Å². The van der Waals surface area contributed by atoms with E-state index in [1.165, 1.54) is 13.0 Å². The molecule has 1 amide bonds. The zero-order valence-corrected chi connectivity index (χ0v) is 11.3. The number of aromatic nitrogens is 2. The first-order valence-electron chi connectivity index (χ1n) is 6.16. The quantitative estimate of drug-likeness (QED) is 0.897. The largest absolute Gasteiger partial charge is 0.326 e. The van der Waals surface area contributed by atoms with Crippen molar-refractivity contribution in [1.82, 2.24) is 10.2 Å². The molecule has 0 saturated carbocycles. The predicted octanol–water partition coefficient (Wildman–Crippen LogP) is 2.21. The number of rotatable bonds is 3. The van der Waals surface area contributed by atoms with E-state index in [2.05, 4.69) is 15.5 Å². The summed E-state index contributed by atoms with van der Waals surface area (Å²) in [6.07, 6.45) is 3.73. The Hall–Kier alpha value is -2.69. The molecule has 2 N–H and O–H groups in total. The lowest BCUT2D eigenvalue weighted by Gasteiger charge is -2.02. The lowest BCUT2D eigenvalue weighted by atomic mass is 10.1. The van der Waals surface area contributed by atoms with Gasteiger partial charge in [0, 0.05) is 18.7 Å². The number of H-pyrrole nitrogens is 1. The Morgan fingerprint density at radius 2 is 1.95 bits per heavy atom. The molecule has 0 fully saturated rings. The van der Waals surface area contributed by atoms with Crippen molar-refractivity contribution in [3.63, 3.8) is 0 Å². The number of nitrogens with zero attached hydrogens (tertiary/aromatic N) is 1. The molecule has 0 spiro atoms. The van der Waals surface area contributed by atoms with Gasteiger partial charge in [-0.25, -0.2) is 5.10 Å². The van der Waals surface area contributed by atoms with Crippen molar-refractivity contribution in [2.75, 3.05) is 5.32 Å². The van der Waals surface area contributed by atoms with Gasteiger partial charge in [-0.15, -0.1) is 0 Å². The lowest BCUT2D eigenvalue weighted by Crippen LogP contribution is -2.08. The first-order valence-corrected chi connectivity index (χ1v) is 6.16. The number of benzene rings is 1. The van der Waals surface area contributed by atoms with Crippen LogP contribution in [0.15, 0.2) is 35.1 Å². The molecule has 0 atom stereocenters. The third kappa shape index (κ3) is 3.65. The molecule has 5 nitrogen and oxygen atoms in total. The van der Waals surface area contributed by atoms with Gasteiger partial charge in [-0.2, -0.15) is 5.10 Å². The van der Waals surface area contributed by atoms with Crippen molar-refractivity contribution < 1.29 is 4.79 Å². The van der Waals surface area contributed by atoms with Crippen LogP contribution in [0.4, 0.5) is 5.69 Å². The molecule has 0 unspecified atom stereocenters. The normalized spacial score (nSPS) is 10.7. The van der Waals surface area contributed by atoms with E-state index in [4.69, 9.17) is 0 Å². The highest BCUT2D eigenvalue weighted by molar-refractivity contribution is 5.88. The molecular formula is C15H15N3O2. The first-order chi connectivity index (χ1) is 9.54. The van der Waals surface area contributed by atoms with Crippen LogP contribution < -0.4 is 10.9 Å². The van der Waals surface area contributed by atoms with E-state index in [1.54, 1.807) is 0 Å². The zero-order chi connectivity index (χ0) is 14.5. The van der Waals surface area contributed by atoms with Gasteiger partial charge in [0.15, 0.2) is 0 Å². The minimum Gasteiger partial charge on any atom is -0.326 e. The Morgan fingerprint density at radius 1 is 1.25 bits per heavy atom. The molecule has 20 heavy (non-hydrogen) atoms. The predicted molar refractivity (Wildman–Crippen MR) is 79.3 cm³/mol. The number of amides is 1. The summed E-state index contributed by atoms with van der Waals surface area (Å²) in [6.45, 7) is 3.31. The van der Waals surface area contributed by atoms with E-state index in [0.717, 1.165) is 22.5 Å². The van der Waals surface area contributed by atoms with Gasteiger partial charge in [0.25, 0.3) is 5.56 Å². The van der Waals surface area contributed by atoms with Crippen LogP contribution in [0.3, 0.4) is 0 Å². The summed E-state index contributed by atoms with van der Waals surface area (Å²) in [7, 11) is 0. The van der Waals surface area contributed by atoms with Crippen molar-refractivity contribution in [1.29, 1.82) is 0 Å². The highest BCUT2D eigenvalue weighted by Gasteiger charge is 1.97. The second-order valence-corrected chi connectivity index (χ2v) is 4.44. The monoisotopic (exact) mass is 269 g/mol. The summed E-state index contributed by atoms with van der Waals surface area (Å²) >= 11 is 0. The second kappa shape index (κ2) is 5.97. The van der Waals surface area contributed by atoms with Gasteiger partial charge in [-0.1, -0.05) is 18.2 Å². The number of aryl methyl sites for hydroxylation is 1. The minimum absolute atomic E-state index is 0.0960. The molecule has 1 aromatic carbocycles. The van der Waals surface area contributed by atoms with Gasteiger partial charge >= 0.3 is 0 Å². The van der Waals surface area contributed by atoms with Crippen molar-refractivity contribution >= 4 is 23.7 Å². The summed E-state index contributed by atoms with van der Waals surface area (Å²) in [5.74, 6) is -0.0960. The molecule has 0 aliphatic heterocycles. The Kier molecular flexibility index (Phi) is 4.10. The van der Waals surface area contributed by atoms with E-state index in [0.29, 0.717) is 0 Å². The number of nitrogens with one attached hydrogen (secondary N) is 2. The summed E-state index contributed by atoms with van der Waals surface area (Å²) in [4.78, 5) is 22.0. The Bertz CT molecular complexity index is 700. The number of anilines is 1. The SMILES string of the molecule is CC(=O)Nc1ccc(C=Cc2n[nH]c(=O)cc2C)cc1. The van der Waals surface area contributed by atoms with Crippen LogP contribution in [0, 0.1) is 6.92 Å². The van der Waals surface area contributed by atoms with E-state index in [9.17, 15) is 9.59 Å². The van der Waals surface area contributed by atoms with Crippen LogP contribution in [0.25, 0.3) is 12.2 Å². The van der Waals surface area contributed by atoms with Crippen LogP contribution in [0.2, 0.25) is 0 Å². The number of carbonyl (C=O) groups excluding carboxylic acids is 1. The zero-order valence-electron chi connectivity index (χ0n) is 11.3. The smallest absolute Gasteiger partial charge is 0.264 e. The topological polar surface area (TPSA) is 74.8 Å². The van der Waals surface area contributed by atoms with Crippen LogP contribution in [0.1, 0.15) is 23.7 Å². The number of hydrogen-bond donors (Lipinski definition) is 2. The van der Waals surface area contributed by atoms with Crippen molar-refractivity contribution in [3.05, 3.63) is 57.5 Å². The maximum atomic E-state index is 11.1. The van der Waals surface area contributed by atoms with Crippen molar-refractivity contribution in [2.45, 2.75) is 13.8 Å². The summed E-state index contributed by atoms with van der Waals surface area (Å²) in [6, 6.07) is 8.95. The third-order valence-corrected chi connectivity index (χ3v) is 2.70. The van der Waals surface area contributed by atoms with E-state index in [1.807, 2.05) is 43.3 Å². The Balaban J connectivity index is 2.15. The van der Waals surface area contributed by atoms with Gasteiger partial charge in [0.05, 0.1) is 5.69 Å². The summed E-state index contributed by atoms with van der Waals surface area (Å²) in [5.41, 5.74) is 3.06. The number of carbonyl (C=O) groups is 1. The van der Waals surface area contributed by atoms with Gasteiger partial charge in [-0.05, 0) is 36.3 Å². The lowest BCUT2D eigenvalue weighted by molar-refractivity contribution is -0.114. The van der Waals surface area contributed by atoms with Crippen LogP contribution in [-0.2, 0) is 4.79 Å². The molecule has 0 radical (unpaired) electrons. The van der Waals surface area contributed by atoms with Gasteiger partial charge in [0.2, 0.25) is 5.91 Å². The molecule has 0 saturated heterocycles. The van der Waals surface area contributed by atoms with Crippen molar-refractivity contribution in [2.24, 2.45) is 0 Å². The Morgan fingerprint density at radius 3 is 2.55 bits per heavy atom. The minimum atomic E-state index is -0.209. The fourth-order valence-electron chi connectivity index (χ4n) is 1.73. The molecule has 0 bridgehead atoms. The highest BCUT2D eigenvalue weighted by Crippen LogP contribution is 2.12. The number of aromatic amines is 1. The molecule has 0 aliphatic rings. The summed E-state index contributed by atoms with van der Waals surface area (Å²) < 4.78 is 0. The molecule has 2 rings (SSSR count). The van der Waals surface area contributed by atoms with Crippen LogP contribution in [-0.4, -0.2) is 16.1 Å². The fourth-order valence-corrected chi connectivity index (χ4v) is 1.73. The second-order valence-electron chi connectivity index (χ2n) is 4.44. The molecule has 0 aliphatic carbocycles. The third-order valence-electron chi connectivity index (χ3n) is 2.70. The molecule has 102 valence electrons. The van der Waals surface area contributed by atoms with Gasteiger partial charge in [-0.3, -0.25) is 9.59 Å². The van der Waals surface area contributed by atoms with Crippen LogP contribution >= 0.6 is 0 Å². The van der Waals surface area contributed by atoms with E-state index < -0.39 is 0 Å². The first kappa shape index (κ1) is 13.7. The molecule has 1 aromatic heterocycles. The highest BCUT2D eigenvalue weighted by atomic mass is 16.1. The number of hydrogen-bond acceptors (Lipinski definition) is 3. The molecule has 2 aromatic rings. The molecule has 1 heterocycles. The average molecular weight is 269 g/mol. The van der Waals surface area contributed by atoms with Crippen LogP contribution in [0.5, 0.6) is 0 Å². The summed E-state index contributed by atoms with van der Waals surface area (Å²) in [5, 5.41) is 9.08. The van der Waals surface area contributed by atoms with Crippen molar-refractivity contribution in [3.8, 4) is 0 Å². The maximum Gasteiger partial charge on any atom is 0.264 e. The maximum absolute atomic E-state index is 11.1. The van der Waals surface area contributed by atoms with Gasteiger partial charge < -0.3 is 5.32 Å². The Labute approximate surface area is 116 Å². The van der Waals surface area contributed by atoms with E-state index in [-0.39, 0.29) is 11.5 Å². The fraction of sp³-hybridized carbons (Fsp3) is 0.133. The average Bonchev–Trinajstić information content (AvgIpc) is 2.39. The van der Waals surface area contributed by atoms with E-state index >= 15 is 0 Å². The molecule has 5 heteroatoms. The standard InChI is InChI=1S/C15H15N3O2/c1-10-9-15(20)18-17-14(10)8-5-12-3-6-13(7-4-12)16-11(2)19/h3-9H,1-2H3,(H,16,19)(H,18,20).